The molecule has 3 heteroatoms. The maximum absolute atomic E-state index is 10.7. The number of hydrogen-bond donors (Lipinski definition) is 2. The Bertz CT molecular complexity index is 638. The SMILES string of the molecule is CC(c1ccccc1)C(O)CC[C@H]1[C@H]2CC[C@H](C2)[C@H]1CC=CCCCC(=O)O. The van der Waals surface area contributed by atoms with Crippen LogP contribution in [0.4, 0.5) is 0 Å². The molecule has 2 aliphatic rings. The molecule has 2 aliphatic carbocycles. The van der Waals surface area contributed by atoms with Crippen LogP contribution in [0.25, 0.3) is 0 Å². The Morgan fingerprint density at radius 1 is 1.14 bits per heavy atom. The molecule has 0 aliphatic heterocycles. The maximum Gasteiger partial charge on any atom is 0.303 e. The molecular formula is C25H36O3. The second-order valence-electron chi connectivity index (χ2n) is 9.00. The van der Waals surface area contributed by atoms with E-state index in [1.165, 1.54) is 24.8 Å². The van der Waals surface area contributed by atoms with Gasteiger partial charge in [0.15, 0.2) is 0 Å². The number of rotatable bonds is 11. The molecular weight excluding hydrogens is 348 g/mol. The van der Waals surface area contributed by atoms with Crippen LogP contribution < -0.4 is 0 Å². The first-order valence-corrected chi connectivity index (χ1v) is 11.2. The van der Waals surface area contributed by atoms with Gasteiger partial charge in [0, 0.05) is 12.3 Å². The minimum absolute atomic E-state index is 0.187. The Labute approximate surface area is 169 Å². The number of carbonyl (C=O) groups is 1. The second kappa shape index (κ2) is 10.2. The third-order valence-corrected chi connectivity index (χ3v) is 7.31. The fourth-order valence-electron chi connectivity index (χ4n) is 5.68. The number of benzene rings is 1. The predicted molar refractivity (Wildman–Crippen MR) is 113 cm³/mol. The van der Waals surface area contributed by atoms with Gasteiger partial charge in [0.1, 0.15) is 0 Å². The van der Waals surface area contributed by atoms with E-state index in [4.69, 9.17) is 5.11 Å². The van der Waals surface area contributed by atoms with Gasteiger partial charge in [0.2, 0.25) is 0 Å². The molecule has 1 aromatic carbocycles. The summed E-state index contributed by atoms with van der Waals surface area (Å²) in [6.45, 7) is 2.14. The third-order valence-electron chi connectivity index (χ3n) is 7.31. The van der Waals surface area contributed by atoms with Gasteiger partial charge < -0.3 is 10.2 Å². The van der Waals surface area contributed by atoms with Crippen molar-refractivity contribution in [3.63, 3.8) is 0 Å². The molecule has 154 valence electrons. The lowest BCUT2D eigenvalue weighted by Crippen LogP contribution is -2.25. The Balaban J connectivity index is 1.47. The van der Waals surface area contributed by atoms with Gasteiger partial charge in [-0.2, -0.15) is 0 Å². The predicted octanol–water partition coefficient (Wildman–Crippen LogP) is 5.79. The quantitative estimate of drug-likeness (QED) is 0.375. The lowest BCUT2D eigenvalue weighted by atomic mass is 9.74. The molecule has 0 radical (unpaired) electrons. The van der Waals surface area contributed by atoms with E-state index in [1.54, 1.807) is 0 Å². The first-order valence-electron chi connectivity index (χ1n) is 11.2. The zero-order valence-corrected chi connectivity index (χ0v) is 17.2. The van der Waals surface area contributed by atoms with E-state index in [2.05, 4.69) is 31.2 Å². The number of aliphatic hydroxyl groups excluding tert-OH is 1. The average molecular weight is 385 g/mol. The summed E-state index contributed by atoms with van der Waals surface area (Å²) in [4.78, 5) is 10.6. The monoisotopic (exact) mass is 384 g/mol. The molecule has 0 amide bonds. The topological polar surface area (TPSA) is 57.5 Å². The lowest BCUT2D eigenvalue weighted by molar-refractivity contribution is -0.137. The number of allylic oxidation sites excluding steroid dienone is 2. The molecule has 3 nitrogen and oxygen atoms in total. The Hall–Kier alpha value is -1.61. The molecule has 1 aromatic rings. The molecule has 0 saturated heterocycles. The van der Waals surface area contributed by atoms with Gasteiger partial charge >= 0.3 is 5.97 Å². The lowest BCUT2D eigenvalue weighted by Gasteiger charge is -2.32. The van der Waals surface area contributed by atoms with Crippen molar-refractivity contribution < 1.29 is 15.0 Å². The van der Waals surface area contributed by atoms with Gasteiger partial charge in [0.05, 0.1) is 6.10 Å². The smallest absolute Gasteiger partial charge is 0.303 e. The van der Waals surface area contributed by atoms with Gasteiger partial charge in [-0.05, 0) is 80.6 Å². The highest BCUT2D eigenvalue weighted by Crippen LogP contribution is 2.55. The number of carboxylic acid groups (broad SMARTS) is 1. The summed E-state index contributed by atoms with van der Waals surface area (Å²) in [6.07, 6.45) is 13.4. The molecule has 2 bridgehead atoms. The summed E-state index contributed by atoms with van der Waals surface area (Å²) in [5, 5.41) is 19.5. The molecule has 3 rings (SSSR count). The van der Waals surface area contributed by atoms with Crippen molar-refractivity contribution in [3.8, 4) is 0 Å². The highest BCUT2D eigenvalue weighted by atomic mass is 16.4. The largest absolute Gasteiger partial charge is 0.481 e. The van der Waals surface area contributed by atoms with E-state index in [0.717, 1.165) is 55.8 Å². The van der Waals surface area contributed by atoms with E-state index in [9.17, 15) is 9.90 Å². The van der Waals surface area contributed by atoms with Crippen molar-refractivity contribution in [2.75, 3.05) is 0 Å². The van der Waals surface area contributed by atoms with Crippen LogP contribution in [0.2, 0.25) is 0 Å². The summed E-state index contributed by atoms with van der Waals surface area (Å²) < 4.78 is 0. The summed E-state index contributed by atoms with van der Waals surface area (Å²) >= 11 is 0. The zero-order chi connectivity index (χ0) is 19.9. The van der Waals surface area contributed by atoms with Crippen LogP contribution in [0.3, 0.4) is 0 Å². The fourth-order valence-corrected chi connectivity index (χ4v) is 5.68. The summed E-state index contributed by atoms with van der Waals surface area (Å²) in [7, 11) is 0. The highest BCUT2D eigenvalue weighted by molar-refractivity contribution is 5.66. The van der Waals surface area contributed by atoms with Gasteiger partial charge in [0.25, 0.3) is 0 Å². The third kappa shape index (κ3) is 5.47. The average Bonchev–Trinajstić information content (AvgIpc) is 3.30. The van der Waals surface area contributed by atoms with Crippen LogP contribution >= 0.6 is 0 Å². The summed E-state index contributed by atoms with van der Waals surface area (Å²) in [6, 6.07) is 10.4. The van der Waals surface area contributed by atoms with Crippen molar-refractivity contribution in [2.24, 2.45) is 23.7 Å². The van der Waals surface area contributed by atoms with Crippen LogP contribution in [0.1, 0.15) is 76.2 Å². The van der Waals surface area contributed by atoms with Crippen molar-refractivity contribution in [2.45, 2.75) is 76.7 Å². The first-order chi connectivity index (χ1) is 13.6. The summed E-state index contributed by atoms with van der Waals surface area (Å²) in [5.41, 5.74) is 1.23. The van der Waals surface area contributed by atoms with Gasteiger partial charge in [-0.3, -0.25) is 4.79 Å². The number of hydrogen-bond acceptors (Lipinski definition) is 2. The number of fused-ring (bicyclic) bond motifs is 2. The van der Waals surface area contributed by atoms with Crippen molar-refractivity contribution in [3.05, 3.63) is 48.0 Å². The normalized spacial score (nSPS) is 28.6. The molecule has 2 unspecified atom stereocenters. The van der Waals surface area contributed by atoms with Gasteiger partial charge in [-0.15, -0.1) is 0 Å². The van der Waals surface area contributed by atoms with E-state index in [-0.39, 0.29) is 18.4 Å². The molecule has 0 heterocycles. The molecule has 2 N–H and O–H groups in total. The number of aliphatic hydroxyl groups is 1. The van der Waals surface area contributed by atoms with E-state index >= 15 is 0 Å². The van der Waals surface area contributed by atoms with E-state index in [0.29, 0.717) is 0 Å². The second-order valence-corrected chi connectivity index (χ2v) is 9.00. The Morgan fingerprint density at radius 3 is 2.57 bits per heavy atom. The number of unbranched alkanes of at least 4 members (excludes halogenated alkanes) is 1. The fraction of sp³-hybridized carbons (Fsp3) is 0.640. The van der Waals surface area contributed by atoms with Crippen molar-refractivity contribution in [1.29, 1.82) is 0 Å². The number of carboxylic acids is 1. The molecule has 2 fully saturated rings. The Kier molecular flexibility index (Phi) is 7.73. The van der Waals surface area contributed by atoms with Crippen LogP contribution in [0, 0.1) is 23.7 Å². The molecule has 6 atom stereocenters. The van der Waals surface area contributed by atoms with Crippen LogP contribution in [-0.2, 0) is 4.79 Å². The van der Waals surface area contributed by atoms with Gasteiger partial charge in [-0.1, -0.05) is 49.4 Å². The highest BCUT2D eigenvalue weighted by Gasteiger charge is 2.46. The minimum Gasteiger partial charge on any atom is -0.481 e. The molecule has 0 spiro atoms. The van der Waals surface area contributed by atoms with E-state index < -0.39 is 5.97 Å². The molecule has 28 heavy (non-hydrogen) atoms. The molecule has 0 aromatic heterocycles. The maximum atomic E-state index is 10.7. The number of aliphatic carboxylic acids is 1. The van der Waals surface area contributed by atoms with Crippen LogP contribution in [0.5, 0.6) is 0 Å². The standard InChI is InChI=1S/C25H36O3/c1-18(19-9-5-4-6-10-19)24(26)16-15-23-21-14-13-20(17-21)22(23)11-7-2-3-8-12-25(27)28/h2,4-7,9-10,18,20-24,26H,3,8,11-17H2,1H3,(H,27,28)/t18?,20-,21+,22-,23+,24?/m1/s1. The van der Waals surface area contributed by atoms with Crippen LogP contribution in [-0.4, -0.2) is 22.3 Å². The van der Waals surface area contributed by atoms with Gasteiger partial charge in [-0.25, -0.2) is 0 Å². The van der Waals surface area contributed by atoms with Crippen LogP contribution in [0.15, 0.2) is 42.5 Å². The minimum atomic E-state index is -0.704. The first kappa shape index (κ1) is 21.1. The zero-order valence-electron chi connectivity index (χ0n) is 17.2. The van der Waals surface area contributed by atoms with E-state index in [1.807, 2.05) is 18.2 Å². The Morgan fingerprint density at radius 2 is 1.86 bits per heavy atom. The van der Waals surface area contributed by atoms with Crippen molar-refractivity contribution in [1.82, 2.24) is 0 Å². The summed E-state index contributed by atoms with van der Waals surface area (Å²) in [5.74, 6) is 2.71. The molecule has 2 saturated carbocycles. The van der Waals surface area contributed by atoms with Crippen molar-refractivity contribution >= 4 is 5.97 Å².